The Balaban J connectivity index is 2.11. The lowest BCUT2D eigenvalue weighted by molar-refractivity contribution is -0.150. The van der Waals surface area contributed by atoms with Crippen LogP contribution in [0.3, 0.4) is 0 Å². The number of amides is 3. The largest absolute Gasteiger partial charge is 0.480 e. The molecule has 1 aromatic carbocycles. The number of nitrogens with zero attached hydrogens (tertiary/aromatic N) is 1. The summed E-state index contributed by atoms with van der Waals surface area (Å²) in [6, 6.07) is 5.65. The summed E-state index contributed by atoms with van der Waals surface area (Å²) in [6.45, 7) is -0.773. The minimum absolute atomic E-state index is 0.159. The average Bonchev–Trinajstić information content (AvgIpc) is 3.21. The number of aliphatic hydroxyl groups excluding tert-OH is 1. The Morgan fingerprint density at radius 2 is 1.83 bits per heavy atom. The molecule has 0 radical (unpaired) electrons. The van der Waals surface area contributed by atoms with Crippen molar-refractivity contribution in [2.75, 3.05) is 19.7 Å². The third kappa shape index (κ3) is 6.00. The molecule has 158 valence electrons. The third-order valence-electron chi connectivity index (χ3n) is 4.74. The summed E-state index contributed by atoms with van der Waals surface area (Å²) < 4.78 is 0. The van der Waals surface area contributed by atoms with Crippen LogP contribution in [0, 0.1) is 0 Å². The van der Waals surface area contributed by atoms with Gasteiger partial charge in [0.1, 0.15) is 18.1 Å². The van der Waals surface area contributed by atoms with Crippen LogP contribution in [0.4, 0.5) is 0 Å². The van der Waals surface area contributed by atoms with Gasteiger partial charge in [-0.2, -0.15) is 0 Å². The molecule has 10 nitrogen and oxygen atoms in total. The number of benzene rings is 1. The number of nitrogens with one attached hydrogen (secondary N) is 2. The monoisotopic (exact) mass is 406 g/mol. The molecule has 10 heteroatoms. The number of carboxylic acids is 1. The Morgan fingerprint density at radius 3 is 2.41 bits per heavy atom. The Labute approximate surface area is 168 Å². The van der Waals surface area contributed by atoms with Gasteiger partial charge in [-0.1, -0.05) is 30.3 Å². The minimum atomic E-state index is -1.31. The number of hydrogen-bond acceptors (Lipinski definition) is 6. The highest BCUT2D eigenvalue weighted by Gasteiger charge is 2.38. The molecule has 0 bridgehead atoms. The van der Waals surface area contributed by atoms with Gasteiger partial charge in [-0.15, -0.1) is 0 Å². The van der Waals surface area contributed by atoms with Gasteiger partial charge in [0.15, 0.2) is 0 Å². The minimum Gasteiger partial charge on any atom is -0.480 e. The van der Waals surface area contributed by atoms with Crippen molar-refractivity contribution in [1.29, 1.82) is 0 Å². The molecular formula is C19H26N4O6. The van der Waals surface area contributed by atoms with Gasteiger partial charge in [0.2, 0.25) is 17.7 Å². The van der Waals surface area contributed by atoms with E-state index in [1.807, 2.05) is 6.07 Å². The zero-order valence-corrected chi connectivity index (χ0v) is 15.9. The fraction of sp³-hybridized carbons (Fsp3) is 0.474. The van der Waals surface area contributed by atoms with Gasteiger partial charge < -0.3 is 31.5 Å². The first-order chi connectivity index (χ1) is 13.9. The second-order valence-electron chi connectivity index (χ2n) is 6.79. The van der Waals surface area contributed by atoms with E-state index < -0.39 is 48.4 Å². The summed E-state index contributed by atoms with van der Waals surface area (Å²) in [5.74, 6) is -3.02. The molecule has 3 amide bonds. The van der Waals surface area contributed by atoms with Crippen LogP contribution in [0.15, 0.2) is 30.3 Å². The first kappa shape index (κ1) is 22.3. The molecule has 0 unspecified atom stereocenters. The molecule has 1 aliphatic rings. The molecule has 0 aliphatic carbocycles. The summed E-state index contributed by atoms with van der Waals surface area (Å²) >= 11 is 0. The van der Waals surface area contributed by atoms with Gasteiger partial charge in [-0.25, -0.2) is 4.79 Å². The van der Waals surface area contributed by atoms with Crippen molar-refractivity contribution in [2.24, 2.45) is 5.73 Å². The van der Waals surface area contributed by atoms with Gasteiger partial charge in [0, 0.05) is 13.0 Å². The van der Waals surface area contributed by atoms with E-state index in [1.165, 1.54) is 0 Å². The fourth-order valence-corrected chi connectivity index (χ4v) is 3.26. The number of aliphatic hydroxyl groups is 1. The number of hydrogen-bond donors (Lipinski definition) is 5. The van der Waals surface area contributed by atoms with Crippen LogP contribution in [0.5, 0.6) is 0 Å². The van der Waals surface area contributed by atoms with Crippen molar-refractivity contribution >= 4 is 23.7 Å². The molecule has 0 saturated carbocycles. The van der Waals surface area contributed by atoms with Crippen molar-refractivity contribution in [2.45, 2.75) is 37.4 Å². The summed E-state index contributed by atoms with van der Waals surface area (Å²) in [6.07, 6.45) is 1.00. The molecule has 29 heavy (non-hydrogen) atoms. The van der Waals surface area contributed by atoms with Gasteiger partial charge in [-0.3, -0.25) is 14.4 Å². The second kappa shape index (κ2) is 10.5. The first-order valence-corrected chi connectivity index (χ1v) is 9.35. The van der Waals surface area contributed by atoms with E-state index in [0.29, 0.717) is 12.8 Å². The van der Waals surface area contributed by atoms with Crippen LogP contribution in [0.1, 0.15) is 18.4 Å². The molecule has 1 aromatic rings. The van der Waals surface area contributed by atoms with E-state index in [0.717, 1.165) is 10.5 Å². The van der Waals surface area contributed by atoms with Crippen molar-refractivity contribution in [3.8, 4) is 0 Å². The maximum absolute atomic E-state index is 12.7. The number of likely N-dealkylation sites (tertiary alicyclic amines) is 1. The lowest BCUT2D eigenvalue weighted by Crippen LogP contribution is -2.57. The second-order valence-corrected chi connectivity index (χ2v) is 6.79. The highest BCUT2D eigenvalue weighted by Crippen LogP contribution is 2.18. The van der Waals surface area contributed by atoms with Crippen LogP contribution < -0.4 is 16.4 Å². The SMILES string of the molecule is NCC(=O)N[C@@H](Cc1ccccc1)C(=O)N[C@@H](CO)C(=O)N1CCC[C@H]1C(=O)O. The Kier molecular flexibility index (Phi) is 8.10. The zero-order chi connectivity index (χ0) is 21.4. The Hall–Kier alpha value is -2.98. The quantitative estimate of drug-likeness (QED) is 0.324. The molecule has 3 atom stereocenters. The highest BCUT2D eigenvalue weighted by atomic mass is 16.4. The molecule has 0 aromatic heterocycles. The number of carboxylic acid groups (broad SMARTS) is 1. The standard InChI is InChI=1S/C19H26N4O6/c20-10-16(25)21-13(9-12-5-2-1-3-6-12)17(26)22-14(11-24)18(27)23-8-4-7-15(23)19(28)29/h1-3,5-6,13-15,24H,4,7-11,20H2,(H,21,25)(H,22,26)(H,28,29)/t13-,14-,15-/m0/s1. The highest BCUT2D eigenvalue weighted by molar-refractivity contribution is 5.94. The van der Waals surface area contributed by atoms with Crippen LogP contribution >= 0.6 is 0 Å². The zero-order valence-electron chi connectivity index (χ0n) is 15.9. The van der Waals surface area contributed by atoms with E-state index in [1.54, 1.807) is 24.3 Å². The predicted octanol–water partition coefficient (Wildman–Crippen LogP) is -1.77. The number of carbonyl (C=O) groups is 4. The lowest BCUT2D eigenvalue weighted by Gasteiger charge is -2.27. The van der Waals surface area contributed by atoms with E-state index in [2.05, 4.69) is 10.6 Å². The van der Waals surface area contributed by atoms with E-state index >= 15 is 0 Å². The van der Waals surface area contributed by atoms with Crippen LogP contribution in [0.2, 0.25) is 0 Å². The summed E-state index contributed by atoms with van der Waals surface area (Å²) in [5.41, 5.74) is 6.10. The molecule has 6 N–H and O–H groups in total. The van der Waals surface area contributed by atoms with Crippen molar-refractivity contribution in [3.63, 3.8) is 0 Å². The third-order valence-corrected chi connectivity index (χ3v) is 4.74. The molecule has 1 aliphatic heterocycles. The van der Waals surface area contributed by atoms with Crippen LogP contribution in [-0.4, -0.2) is 76.6 Å². The van der Waals surface area contributed by atoms with Crippen LogP contribution in [-0.2, 0) is 25.6 Å². The molecule has 0 spiro atoms. The number of carbonyl (C=O) groups excluding carboxylic acids is 3. The van der Waals surface area contributed by atoms with Gasteiger partial charge in [0.25, 0.3) is 0 Å². The average molecular weight is 406 g/mol. The summed E-state index contributed by atoms with van der Waals surface area (Å²) in [4.78, 5) is 49.6. The number of aliphatic carboxylic acids is 1. The smallest absolute Gasteiger partial charge is 0.326 e. The normalized spacial score (nSPS) is 18.0. The number of nitrogens with two attached hydrogens (primary N) is 1. The molecule has 1 heterocycles. The van der Waals surface area contributed by atoms with Gasteiger partial charge in [0.05, 0.1) is 13.2 Å². The number of rotatable bonds is 9. The van der Waals surface area contributed by atoms with Crippen molar-refractivity contribution in [3.05, 3.63) is 35.9 Å². The maximum atomic E-state index is 12.7. The fourth-order valence-electron chi connectivity index (χ4n) is 3.26. The summed E-state index contributed by atoms with van der Waals surface area (Å²) in [7, 11) is 0. The molecule has 1 fully saturated rings. The van der Waals surface area contributed by atoms with Gasteiger partial charge in [-0.05, 0) is 18.4 Å². The Bertz CT molecular complexity index is 741. The summed E-state index contributed by atoms with van der Waals surface area (Å²) in [5, 5.41) is 23.8. The van der Waals surface area contributed by atoms with E-state index in [-0.39, 0.29) is 19.5 Å². The topological polar surface area (TPSA) is 162 Å². The van der Waals surface area contributed by atoms with Crippen molar-refractivity contribution in [1.82, 2.24) is 15.5 Å². The van der Waals surface area contributed by atoms with E-state index in [4.69, 9.17) is 5.73 Å². The van der Waals surface area contributed by atoms with Crippen molar-refractivity contribution < 1.29 is 29.4 Å². The van der Waals surface area contributed by atoms with E-state index in [9.17, 15) is 29.4 Å². The first-order valence-electron chi connectivity index (χ1n) is 9.35. The lowest BCUT2D eigenvalue weighted by atomic mass is 10.0. The molecular weight excluding hydrogens is 380 g/mol. The molecule has 1 saturated heterocycles. The molecule has 2 rings (SSSR count). The van der Waals surface area contributed by atoms with Crippen LogP contribution in [0.25, 0.3) is 0 Å². The maximum Gasteiger partial charge on any atom is 0.326 e. The predicted molar refractivity (Wildman–Crippen MR) is 103 cm³/mol. The Morgan fingerprint density at radius 1 is 1.14 bits per heavy atom. The van der Waals surface area contributed by atoms with Gasteiger partial charge >= 0.3 is 5.97 Å².